The average Bonchev–Trinajstić information content (AvgIpc) is 3.04. The second-order valence-corrected chi connectivity index (χ2v) is 8.27. The number of phenolic OH excluding ortho intramolecular Hbond substituents is 1. The Morgan fingerprint density at radius 1 is 1.00 bits per heavy atom. The number of aryl methyl sites for hydroxylation is 1. The smallest absolute Gasteiger partial charge is 0.115 e. The van der Waals surface area contributed by atoms with Gasteiger partial charge in [0.2, 0.25) is 0 Å². The molecule has 5 nitrogen and oxygen atoms in total. The van der Waals surface area contributed by atoms with E-state index >= 15 is 0 Å². The van der Waals surface area contributed by atoms with Crippen molar-refractivity contribution in [1.29, 1.82) is 0 Å². The largest absolute Gasteiger partial charge is 0.508 e. The van der Waals surface area contributed by atoms with Crippen LogP contribution in [0.25, 0.3) is 0 Å². The summed E-state index contributed by atoms with van der Waals surface area (Å²) in [7, 11) is 2.06. The van der Waals surface area contributed by atoms with Crippen LogP contribution >= 0.6 is 0 Å². The van der Waals surface area contributed by atoms with Crippen LogP contribution in [0.2, 0.25) is 0 Å². The van der Waals surface area contributed by atoms with Crippen LogP contribution in [0.5, 0.6) is 5.75 Å². The maximum absolute atomic E-state index is 9.65. The topological polar surface area (TPSA) is 44.5 Å². The highest BCUT2D eigenvalue weighted by atomic mass is 16.3. The summed E-state index contributed by atoms with van der Waals surface area (Å²) in [6, 6.07) is 7.63. The zero-order valence-electron chi connectivity index (χ0n) is 16.5. The molecule has 1 saturated carbocycles. The number of hydrogen-bond acceptors (Lipinski definition) is 4. The molecule has 0 unspecified atom stereocenters. The summed E-state index contributed by atoms with van der Waals surface area (Å²) in [5.74, 6) is 1.03. The molecule has 0 atom stereocenters. The molecule has 4 rings (SSSR count). The summed E-state index contributed by atoms with van der Waals surface area (Å²) in [6.45, 7) is 6.29. The van der Waals surface area contributed by atoms with Crippen LogP contribution in [0.4, 0.5) is 0 Å². The Morgan fingerprint density at radius 3 is 2.41 bits per heavy atom. The van der Waals surface area contributed by atoms with Crippen molar-refractivity contribution >= 4 is 0 Å². The van der Waals surface area contributed by atoms with Gasteiger partial charge in [-0.1, -0.05) is 31.4 Å². The fraction of sp³-hybridized carbons (Fsp3) is 0.591. The van der Waals surface area contributed by atoms with Gasteiger partial charge in [0.05, 0.1) is 5.69 Å². The van der Waals surface area contributed by atoms with Crippen molar-refractivity contribution in [2.24, 2.45) is 7.05 Å². The average molecular weight is 369 g/mol. The van der Waals surface area contributed by atoms with Gasteiger partial charge >= 0.3 is 0 Å². The van der Waals surface area contributed by atoms with Crippen molar-refractivity contribution in [2.45, 2.75) is 51.1 Å². The maximum atomic E-state index is 9.65. The van der Waals surface area contributed by atoms with Gasteiger partial charge in [0, 0.05) is 64.0 Å². The molecular formula is C22H32N4O. The standard InChI is InChI=1S/C22H32N4O/c1-24-16-20(22(23-24)19-7-3-2-4-8-19)17-26-12-10-25(11-13-26)15-18-6-5-9-21(27)14-18/h5-6,9,14,16,19,27H,2-4,7-8,10-13,15,17H2,1H3. The number of aromatic hydroxyl groups is 1. The molecule has 2 aromatic rings. The van der Waals surface area contributed by atoms with Crippen molar-refractivity contribution in [2.75, 3.05) is 26.2 Å². The van der Waals surface area contributed by atoms with Crippen molar-refractivity contribution in [3.63, 3.8) is 0 Å². The molecule has 1 aromatic carbocycles. The second kappa shape index (κ2) is 8.44. The highest BCUT2D eigenvalue weighted by Gasteiger charge is 2.24. The van der Waals surface area contributed by atoms with E-state index in [2.05, 4.69) is 29.1 Å². The first-order valence-electron chi connectivity index (χ1n) is 10.4. The van der Waals surface area contributed by atoms with E-state index in [9.17, 15) is 5.11 Å². The van der Waals surface area contributed by atoms with E-state index in [1.807, 2.05) is 16.8 Å². The van der Waals surface area contributed by atoms with Crippen molar-refractivity contribution in [3.8, 4) is 5.75 Å². The molecule has 1 aliphatic heterocycles. The van der Waals surface area contributed by atoms with E-state index in [4.69, 9.17) is 5.10 Å². The minimum atomic E-state index is 0.359. The molecule has 1 aromatic heterocycles. The highest BCUT2D eigenvalue weighted by molar-refractivity contribution is 5.27. The quantitative estimate of drug-likeness (QED) is 0.877. The number of piperazine rings is 1. The second-order valence-electron chi connectivity index (χ2n) is 8.27. The van der Waals surface area contributed by atoms with E-state index in [0.717, 1.165) is 39.3 Å². The third kappa shape index (κ3) is 4.71. The van der Waals surface area contributed by atoms with E-state index in [1.54, 1.807) is 6.07 Å². The van der Waals surface area contributed by atoms with E-state index in [1.165, 1.54) is 48.9 Å². The predicted octanol–water partition coefficient (Wildman–Crippen LogP) is 3.49. The molecule has 5 heteroatoms. The van der Waals surface area contributed by atoms with E-state index in [-0.39, 0.29) is 0 Å². The Bertz CT molecular complexity index is 743. The SMILES string of the molecule is Cn1cc(CN2CCN(Cc3cccc(O)c3)CC2)c(C2CCCCC2)n1. The Morgan fingerprint density at radius 2 is 1.70 bits per heavy atom. The number of benzene rings is 1. The first kappa shape index (κ1) is 18.5. The molecule has 146 valence electrons. The van der Waals surface area contributed by atoms with Gasteiger partial charge in [0.1, 0.15) is 5.75 Å². The third-order valence-corrected chi connectivity index (χ3v) is 6.10. The van der Waals surface area contributed by atoms with Crippen LogP contribution in [-0.4, -0.2) is 50.9 Å². The van der Waals surface area contributed by atoms with Gasteiger partial charge < -0.3 is 5.11 Å². The number of phenols is 1. The molecule has 0 bridgehead atoms. The van der Waals surface area contributed by atoms with Crippen LogP contribution in [0.3, 0.4) is 0 Å². The lowest BCUT2D eigenvalue weighted by Gasteiger charge is -2.35. The lowest BCUT2D eigenvalue weighted by molar-refractivity contribution is 0.121. The summed E-state index contributed by atoms with van der Waals surface area (Å²) in [4.78, 5) is 5.05. The van der Waals surface area contributed by atoms with Crippen LogP contribution in [0, 0.1) is 0 Å². The molecule has 1 aliphatic carbocycles. The normalized spacial score (nSPS) is 20.2. The van der Waals surface area contributed by atoms with Gasteiger partial charge in [0.15, 0.2) is 0 Å². The fourth-order valence-electron chi connectivity index (χ4n) is 4.66. The molecule has 1 saturated heterocycles. The lowest BCUT2D eigenvalue weighted by atomic mass is 9.85. The van der Waals surface area contributed by atoms with Gasteiger partial charge in [-0.3, -0.25) is 14.5 Å². The maximum Gasteiger partial charge on any atom is 0.115 e. The van der Waals surface area contributed by atoms with Gasteiger partial charge in [-0.2, -0.15) is 5.10 Å². The van der Waals surface area contributed by atoms with Crippen LogP contribution in [-0.2, 0) is 20.1 Å². The molecule has 0 radical (unpaired) electrons. The molecule has 0 amide bonds. The van der Waals surface area contributed by atoms with Crippen molar-refractivity contribution in [1.82, 2.24) is 19.6 Å². The first-order valence-corrected chi connectivity index (χ1v) is 10.4. The molecule has 27 heavy (non-hydrogen) atoms. The summed E-state index contributed by atoms with van der Waals surface area (Å²) in [6.07, 6.45) is 8.95. The summed E-state index contributed by atoms with van der Waals surface area (Å²) < 4.78 is 2.01. The monoisotopic (exact) mass is 368 g/mol. The number of nitrogens with zero attached hydrogens (tertiary/aromatic N) is 4. The highest BCUT2D eigenvalue weighted by Crippen LogP contribution is 2.34. The Labute approximate surface area is 162 Å². The minimum absolute atomic E-state index is 0.359. The zero-order chi connectivity index (χ0) is 18.6. The van der Waals surface area contributed by atoms with E-state index < -0.39 is 0 Å². The van der Waals surface area contributed by atoms with Crippen LogP contribution in [0.1, 0.15) is 54.8 Å². The van der Waals surface area contributed by atoms with Gasteiger partial charge in [-0.25, -0.2) is 0 Å². The molecule has 2 aliphatic rings. The van der Waals surface area contributed by atoms with Gasteiger partial charge in [0.25, 0.3) is 0 Å². The Kier molecular flexibility index (Phi) is 5.79. The predicted molar refractivity (Wildman–Crippen MR) is 108 cm³/mol. The minimum Gasteiger partial charge on any atom is -0.508 e. The number of aromatic nitrogens is 2. The summed E-state index contributed by atoms with van der Waals surface area (Å²) in [5.41, 5.74) is 3.99. The molecular weight excluding hydrogens is 336 g/mol. The molecule has 2 fully saturated rings. The number of hydrogen-bond donors (Lipinski definition) is 1. The fourth-order valence-corrected chi connectivity index (χ4v) is 4.66. The summed E-state index contributed by atoms with van der Waals surface area (Å²) >= 11 is 0. The Balaban J connectivity index is 1.33. The van der Waals surface area contributed by atoms with Crippen LogP contribution in [0.15, 0.2) is 30.5 Å². The molecule has 1 N–H and O–H groups in total. The van der Waals surface area contributed by atoms with Crippen LogP contribution < -0.4 is 0 Å². The molecule has 0 spiro atoms. The van der Waals surface area contributed by atoms with E-state index in [0.29, 0.717) is 11.7 Å². The lowest BCUT2D eigenvalue weighted by Crippen LogP contribution is -2.45. The third-order valence-electron chi connectivity index (χ3n) is 6.10. The van der Waals surface area contributed by atoms with Gasteiger partial charge in [-0.05, 0) is 30.5 Å². The first-order chi connectivity index (χ1) is 13.2. The van der Waals surface area contributed by atoms with Crippen molar-refractivity contribution < 1.29 is 5.11 Å². The Hall–Kier alpha value is -1.85. The summed E-state index contributed by atoms with van der Waals surface area (Å²) in [5, 5.41) is 14.5. The number of rotatable bonds is 5. The zero-order valence-corrected chi connectivity index (χ0v) is 16.5. The van der Waals surface area contributed by atoms with Crippen molar-refractivity contribution in [3.05, 3.63) is 47.3 Å². The molecule has 2 heterocycles. The van der Waals surface area contributed by atoms with Gasteiger partial charge in [-0.15, -0.1) is 0 Å².